The summed E-state index contributed by atoms with van der Waals surface area (Å²) >= 11 is 0. The van der Waals surface area contributed by atoms with E-state index in [9.17, 15) is 54.0 Å². The van der Waals surface area contributed by atoms with Gasteiger partial charge in [0.1, 0.15) is 42.7 Å². The molecule has 2 aliphatic heterocycles. The molecule has 9 N–H and O–H groups in total. The van der Waals surface area contributed by atoms with Crippen LogP contribution in [0.4, 0.5) is 5.95 Å². The summed E-state index contributed by atoms with van der Waals surface area (Å²) in [5.41, 5.74) is 3.95. The number of nitrogens with zero attached hydrogens (tertiary/aromatic N) is 6. The van der Waals surface area contributed by atoms with Crippen molar-refractivity contribution in [2.45, 2.75) is 61.8 Å². The number of hydrogen-bond acceptors (Lipinski definition) is 21. The van der Waals surface area contributed by atoms with Crippen molar-refractivity contribution in [1.29, 1.82) is 0 Å². The third-order valence-corrected chi connectivity index (χ3v) is 9.22. The van der Waals surface area contributed by atoms with Crippen LogP contribution in [0.5, 0.6) is 0 Å². The van der Waals surface area contributed by atoms with Gasteiger partial charge in [0.2, 0.25) is 5.95 Å². The van der Waals surface area contributed by atoms with Crippen LogP contribution in [0.1, 0.15) is 16.7 Å². The van der Waals surface area contributed by atoms with Crippen molar-refractivity contribution in [1.82, 2.24) is 34.5 Å². The number of phosphoric acid groups is 2. The largest absolute Gasteiger partial charge is 1.00 e. The number of H-pyrrole nitrogens is 1. The molecule has 25 nitrogen and oxygen atoms in total. The molecule has 0 aromatic carbocycles. The van der Waals surface area contributed by atoms with Gasteiger partial charge in [0.05, 0.1) is 25.7 Å². The predicted octanol–water partition coefficient (Wildman–Crippen LogP) is -11.9. The van der Waals surface area contributed by atoms with Crippen LogP contribution >= 0.6 is 15.6 Å². The van der Waals surface area contributed by atoms with Crippen molar-refractivity contribution in [3.05, 3.63) is 28.6 Å². The molecule has 2 aliphatic rings. The molecule has 2 fully saturated rings. The first-order valence-electron chi connectivity index (χ1n) is 12.7. The molecule has 0 bridgehead atoms. The van der Waals surface area contributed by atoms with Crippen molar-refractivity contribution < 1.29 is 136 Å². The van der Waals surface area contributed by atoms with Gasteiger partial charge >= 0.3 is 65.1 Å². The summed E-state index contributed by atoms with van der Waals surface area (Å²) in [4.78, 5) is 57.7. The molecule has 0 spiro atoms. The Bertz CT molecular complexity index is 1760. The number of nitrogen functional groups attached to an aromatic ring is 1. The molecule has 3 aromatic rings. The summed E-state index contributed by atoms with van der Waals surface area (Å²) in [6, 6.07) is 0. The second-order valence-electron chi connectivity index (χ2n) is 9.84. The third kappa shape index (κ3) is 8.96. The van der Waals surface area contributed by atoms with Crippen LogP contribution in [0, 0.1) is 0 Å². The molecule has 5 heterocycles. The van der Waals surface area contributed by atoms with Crippen LogP contribution in [-0.2, 0) is 38.5 Å². The molecule has 254 valence electrons. The van der Waals surface area contributed by atoms with Gasteiger partial charge in [-0.15, -0.1) is 5.10 Å². The topological polar surface area (TPSA) is 385 Å². The number of aromatic carboxylic acids is 1. The molecule has 2 saturated heterocycles. The Hall–Kier alpha value is -1.26. The number of carboxylic acid groups (broad SMARTS) is 1. The molecule has 5 rings (SSSR count). The van der Waals surface area contributed by atoms with Gasteiger partial charge in [-0.25, -0.2) is 18.8 Å². The number of ether oxygens (including phenoxy) is 2. The summed E-state index contributed by atoms with van der Waals surface area (Å²) in [6.45, 7) is -1.66. The maximum absolute atomic E-state index is 12.4. The predicted molar refractivity (Wildman–Crippen MR) is 135 cm³/mol. The van der Waals surface area contributed by atoms with E-state index in [-0.39, 0.29) is 76.2 Å². The summed E-state index contributed by atoms with van der Waals surface area (Å²) in [6.07, 6.45) is -15.0. The average molecular weight is 744 g/mol. The van der Waals surface area contributed by atoms with Gasteiger partial charge in [0, 0.05) is 0 Å². The Kier molecular flexibility index (Phi) is 13.7. The summed E-state index contributed by atoms with van der Waals surface area (Å²) in [5.74, 6) is -1.75. The van der Waals surface area contributed by atoms with Crippen molar-refractivity contribution in [3.63, 3.8) is 0 Å². The smallest absolute Gasteiger partial charge is 0.756 e. The van der Waals surface area contributed by atoms with Gasteiger partial charge in [0.25, 0.3) is 21.2 Å². The van der Waals surface area contributed by atoms with E-state index in [1.165, 1.54) is 0 Å². The molecule has 0 radical (unpaired) electrons. The minimum absolute atomic E-state index is 0. The van der Waals surface area contributed by atoms with Crippen molar-refractivity contribution in [2.75, 3.05) is 12.3 Å². The first-order valence-corrected chi connectivity index (χ1v) is 15.6. The zero-order valence-corrected chi connectivity index (χ0v) is 30.4. The van der Waals surface area contributed by atoms with Gasteiger partial charge in [-0.3, -0.25) is 28.0 Å². The zero-order valence-electron chi connectivity index (χ0n) is 24.6. The minimum atomic E-state index is -6.02. The Morgan fingerprint density at radius 1 is 1.02 bits per heavy atom. The maximum Gasteiger partial charge on any atom is 1.00 e. The van der Waals surface area contributed by atoms with Crippen LogP contribution in [0.15, 0.2) is 17.3 Å². The van der Waals surface area contributed by atoms with Crippen molar-refractivity contribution in [3.8, 4) is 0 Å². The van der Waals surface area contributed by atoms with Gasteiger partial charge in [-0.2, -0.15) is 4.98 Å². The number of carbonyl (C=O) groups is 1. The van der Waals surface area contributed by atoms with Crippen molar-refractivity contribution in [2.24, 2.45) is 0 Å². The molecule has 0 saturated carbocycles. The van der Waals surface area contributed by atoms with Crippen LogP contribution in [0.25, 0.3) is 11.2 Å². The first-order chi connectivity index (χ1) is 21.5. The fourth-order valence-corrected chi connectivity index (χ4v) is 6.59. The van der Waals surface area contributed by atoms with Gasteiger partial charge in [-0.1, -0.05) is 5.21 Å². The number of phosphoric ester groups is 2. The molecule has 48 heavy (non-hydrogen) atoms. The molecule has 3 aromatic heterocycles. The van der Waals surface area contributed by atoms with E-state index in [4.69, 9.17) is 20.3 Å². The number of nitrogens with one attached hydrogen (secondary N) is 1. The van der Waals surface area contributed by atoms with Crippen LogP contribution in [0.3, 0.4) is 0 Å². The van der Waals surface area contributed by atoms with Gasteiger partial charge < -0.3 is 60.2 Å². The fourth-order valence-electron chi connectivity index (χ4n) is 4.51. The monoisotopic (exact) mass is 744 g/mol. The summed E-state index contributed by atoms with van der Waals surface area (Å²) < 4.78 is 50.2. The minimum Gasteiger partial charge on any atom is -0.756 e. The molecule has 29 heteroatoms. The van der Waals surface area contributed by atoms with E-state index in [0.29, 0.717) is 0 Å². The fraction of sp³-hybridized carbons (Fsp3) is 0.579. The number of aliphatic hydroxyl groups is 5. The zero-order chi connectivity index (χ0) is 33.7. The SMILES string of the molecule is Nc1nc2c(ncn2[C@@H]2O[C@H](COP(=O)([O-])OP(=O)([O-])O[C@H]3O[C@@H](Cn4cc(C(=O)O)nn4)[C@@H](O)[C@@H](O)[C@@H]3O)[C@@H](O)[C@H]2O)c(=O)[nH]1.[Na+].[Na+]. The molecular formula is C19H24N8Na2O17P2. The van der Waals surface area contributed by atoms with Crippen LogP contribution in [0.2, 0.25) is 0 Å². The molecule has 0 aliphatic carbocycles. The third-order valence-electron chi connectivity index (χ3n) is 6.69. The Morgan fingerprint density at radius 2 is 1.69 bits per heavy atom. The summed E-state index contributed by atoms with van der Waals surface area (Å²) in [5, 5.41) is 67.1. The Morgan fingerprint density at radius 3 is 2.33 bits per heavy atom. The second kappa shape index (κ2) is 16.0. The molecule has 2 unspecified atom stereocenters. The quantitative estimate of drug-likeness (QED) is 0.0667. The second-order valence-corrected chi connectivity index (χ2v) is 12.8. The number of imidazole rings is 1. The number of nitrogens with two attached hydrogens (primary N) is 1. The molecular weight excluding hydrogens is 720 g/mol. The van der Waals surface area contributed by atoms with E-state index in [1.54, 1.807) is 0 Å². The maximum atomic E-state index is 12.4. The number of aromatic amines is 1. The first kappa shape index (κ1) is 41.2. The van der Waals surface area contributed by atoms with Crippen LogP contribution < -0.4 is 80.2 Å². The van der Waals surface area contributed by atoms with E-state index < -0.39 is 101 Å². The van der Waals surface area contributed by atoms with Crippen molar-refractivity contribution >= 4 is 38.7 Å². The molecule has 0 amide bonds. The number of hydrogen-bond donors (Lipinski definition) is 8. The van der Waals surface area contributed by atoms with E-state index in [1.807, 2.05) is 0 Å². The molecule has 11 atom stereocenters. The Labute approximate surface area is 310 Å². The number of fused-ring (bicyclic) bond motifs is 1. The number of rotatable bonds is 11. The Balaban J connectivity index is 0.00000312. The van der Waals surface area contributed by atoms with E-state index in [0.717, 1.165) is 21.8 Å². The van der Waals surface area contributed by atoms with Crippen LogP contribution in [-0.4, -0.2) is 127 Å². The van der Waals surface area contributed by atoms with E-state index >= 15 is 0 Å². The average Bonchev–Trinajstić information content (AvgIpc) is 3.67. The normalized spacial score (nSPS) is 31.4. The number of carboxylic acids is 1. The number of aliphatic hydroxyl groups excluding tert-OH is 5. The standard InChI is InChI=1S/C19H26N8O17P2.2Na/c20-19-22-14-8(15(33)23-19)21-4-27(14)16-12(31)10(29)7(41-16)3-40-45(36,37)44-46(38,39)43-18-13(32)11(30)9(28)6(42-18)2-26-1-5(17(34)35)24-25-26;;/h1,4,6-7,9-13,16,18,28-32H,2-3H2,(H,34,35)(H,36,37)(H,38,39)(H3,20,22,23,33);;/q;2*+1/p-2/t6-,7+,9+,10+,11+,12+,13-,16+,18+;;/m0../s1. The van der Waals surface area contributed by atoms with E-state index in [2.05, 4.69) is 38.6 Å². The van der Waals surface area contributed by atoms with Gasteiger partial charge in [-0.05, 0) is 0 Å². The number of anilines is 1. The summed E-state index contributed by atoms with van der Waals surface area (Å²) in [7, 11) is -11.9. The number of aromatic nitrogens is 7. The van der Waals surface area contributed by atoms with Gasteiger partial charge in [0.15, 0.2) is 29.4 Å².